The highest BCUT2D eigenvalue weighted by Crippen LogP contribution is 2.12. The molecular formula is C7H10N2O4. The van der Waals surface area contributed by atoms with Crippen LogP contribution in [0.4, 0.5) is 0 Å². The summed E-state index contributed by atoms with van der Waals surface area (Å²) in [5.41, 5.74) is 4.09. The number of hydroxylamine groups is 1. The van der Waals surface area contributed by atoms with Gasteiger partial charge < -0.3 is 4.42 Å². The maximum absolute atomic E-state index is 11.1. The molecule has 0 atom stereocenters. The molecule has 1 heterocycles. The van der Waals surface area contributed by atoms with Crippen molar-refractivity contribution in [2.45, 2.75) is 13.8 Å². The second-order valence-electron chi connectivity index (χ2n) is 2.47. The number of hydrogen-bond donors (Lipinski definition) is 3. The maximum atomic E-state index is 11.1. The molecule has 3 N–H and O–H groups in total. The third kappa shape index (κ3) is 2.28. The first-order chi connectivity index (χ1) is 6.15. The predicted molar refractivity (Wildman–Crippen MR) is 41.7 cm³/mol. The largest absolute Gasteiger partial charge is 0.456 e. The van der Waals surface area contributed by atoms with E-state index in [0.717, 1.165) is 5.56 Å². The SMILES string of the molecule is Cc1cc(C(=O)NONO)oc1C. The summed E-state index contributed by atoms with van der Waals surface area (Å²) in [6.45, 7) is 3.57. The first-order valence-corrected chi connectivity index (χ1v) is 3.57. The van der Waals surface area contributed by atoms with E-state index in [1.54, 1.807) is 13.0 Å². The van der Waals surface area contributed by atoms with Gasteiger partial charge in [-0.25, -0.2) is 5.48 Å². The quantitative estimate of drug-likeness (QED) is 0.597. The van der Waals surface area contributed by atoms with E-state index in [9.17, 15) is 4.79 Å². The lowest BCUT2D eigenvalue weighted by Crippen LogP contribution is -2.29. The Balaban J connectivity index is 2.66. The molecule has 0 radical (unpaired) electrons. The van der Waals surface area contributed by atoms with E-state index in [4.69, 9.17) is 9.62 Å². The van der Waals surface area contributed by atoms with Gasteiger partial charge >= 0.3 is 5.91 Å². The van der Waals surface area contributed by atoms with Crippen molar-refractivity contribution < 1.29 is 19.4 Å². The van der Waals surface area contributed by atoms with Crippen molar-refractivity contribution in [3.63, 3.8) is 0 Å². The molecule has 0 aliphatic heterocycles. The topological polar surface area (TPSA) is 83.7 Å². The first kappa shape index (κ1) is 9.72. The maximum Gasteiger partial charge on any atom is 0.312 e. The van der Waals surface area contributed by atoms with Gasteiger partial charge in [-0.2, -0.15) is 4.94 Å². The molecule has 0 saturated carbocycles. The summed E-state index contributed by atoms with van der Waals surface area (Å²) in [6, 6.07) is 1.57. The van der Waals surface area contributed by atoms with Crippen LogP contribution in [-0.2, 0) is 4.94 Å². The average molecular weight is 186 g/mol. The number of hydrogen-bond acceptors (Lipinski definition) is 5. The minimum absolute atomic E-state index is 0.130. The highest BCUT2D eigenvalue weighted by atomic mass is 16.9. The van der Waals surface area contributed by atoms with Gasteiger partial charge in [0.2, 0.25) is 0 Å². The fraction of sp³-hybridized carbons (Fsp3) is 0.286. The Morgan fingerprint density at radius 2 is 2.31 bits per heavy atom. The standard InChI is InChI=1S/C7H10N2O4/c1-4-3-6(12-5(4)2)7(10)8-13-9-11/h3,9,11H,1-2H3,(H,8,10). The van der Waals surface area contributed by atoms with Gasteiger partial charge in [-0.05, 0) is 25.5 Å². The van der Waals surface area contributed by atoms with E-state index in [1.807, 2.05) is 12.4 Å². The normalized spacial score (nSPS) is 10.1. The lowest BCUT2D eigenvalue weighted by Gasteiger charge is -1.98. The van der Waals surface area contributed by atoms with Crippen LogP contribution >= 0.6 is 0 Å². The number of furan rings is 1. The van der Waals surface area contributed by atoms with E-state index >= 15 is 0 Å². The molecule has 6 heteroatoms. The Bertz CT molecular complexity index is 288. The van der Waals surface area contributed by atoms with Gasteiger partial charge in [0.1, 0.15) is 5.76 Å². The van der Waals surface area contributed by atoms with Crippen molar-refractivity contribution >= 4 is 5.91 Å². The molecule has 6 nitrogen and oxygen atoms in total. The van der Waals surface area contributed by atoms with Crippen LogP contribution in [0.1, 0.15) is 21.9 Å². The van der Waals surface area contributed by atoms with Crippen LogP contribution in [0.3, 0.4) is 0 Å². The number of amides is 1. The zero-order valence-corrected chi connectivity index (χ0v) is 7.25. The van der Waals surface area contributed by atoms with Gasteiger partial charge in [0.25, 0.3) is 0 Å². The summed E-state index contributed by atoms with van der Waals surface area (Å²) in [5.74, 6) is 0.227. The molecule has 0 unspecified atom stereocenters. The van der Waals surface area contributed by atoms with Crippen molar-refractivity contribution in [2.75, 3.05) is 0 Å². The van der Waals surface area contributed by atoms with Crippen molar-refractivity contribution in [1.82, 2.24) is 11.1 Å². The molecule has 1 amide bonds. The van der Waals surface area contributed by atoms with Crippen LogP contribution in [0.5, 0.6) is 0 Å². The Labute approximate surface area is 74.4 Å². The molecule has 0 aliphatic carbocycles. The van der Waals surface area contributed by atoms with E-state index in [1.165, 1.54) is 5.64 Å². The van der Waals surface area contributed by atoms with Crippen LogP contribution in [0, 0.1) is 13.8 Å². The Kier molecular flexibility index (Phi) is 3.02. The fourth-order valence-corrected chi connectivity index (χ4v) is 0.805. The highest BCUT2D eigenvalue weighted by Gasteiger charge is 2.11. The Morgan fingerprint density at radius 1 is 1.62 bits per heavy atom. The predicted octanol–water partition coefficient (Wildman–Crippen LogP) is 0.452. The molecule has 0 aromatic carbocycles. The molecule has 13 heavy (non-hydrogen) atoms. The number of carbonyl (C=O) groups excluding carboxylic acids is 1. The fourth-order valence-electron chi connectivity index (χ4n) is 0.805. The molecule has 0 saturated heterocycles. The van der Waals surface area contributed by atoms with Crippen molar-refractivity contribution in [3.8, 4) is 0 Å². The zero-order valence-electron chi connectivity index (χ0n) is 7.25. The average Bonchev–Trinajstić information content (AvgIpc) is 2.43. The van der Waals surface area contributed by atoms with E-state index in [2.05, 4.69) is 4.94 Å². The van der Waals surface area contributed by atoms with Gasteiger partial charge in [0.15, 0.2) is 5.76 Å². The minimum atomic E-state index is -0.572. The Hall–Kier alpha value is -1.37. The second kappa shape index (κ2) is 4.04. The lowest BCUT2D eigenvalue weighted by atomic mass is 10.3. The van der Waals surface area contributed by atoms with Gasteiger partial charge in [-0.15, -0.1) is 0 Å². The molecule has 0 fully saturated rings. The third-order valence-corrected chi connectivity index (χ3v) is 1.58. The van der Waals surface area contributed by atoms with Gasteiger partial charge in [-0.3, -0.25) is 10.0 Å². The summed E-state index contributed by atoms with van der Waals surface area (Å²) in [6.07, 6.45) is 0. The number of nitrogens with one attached hydrogen (secondary N) is 2. The minimum Gasteiger partial charge on any atom is -0.456 e. The molecule has 0 aliphatic rings. The smallest absolute Gasteiger partial charge is 0.312 e. The van der Waals surface area contributed by atoms with E-state index in [0.29, 0.717) is 5.76 Å². The van der Waals surface area contributed by atoms with Crippen LogP contribution in [0.2, 0.25) is 0 Å². The molecule has 1 aromatic rings. The number of aryl methyl sites for hydroxylation is 2. The lowest BCUT2D eigenvalue weighted by molar-refractivity contribution is -0.161. The summed E-state index contributed by atoms with van der Waals surface area (Å²) in [5, 5.41) is 8.00. The van der Waals surface area contributed by atoms with Gasteiger partial charge in [-0.1, -0.05) is 5.64 Å². The molecule has 1 aromatic heterocycles. The molecule has 0 spiro atoms. The third-order valence-electron chi connectivity index (χ3n) is 1.58. The molecule has 1 rings (SSSR count). The molecular weight excluding hydrogens is 176 g/mol. The summed E-state index contributed by atoms with van der Waals surface area (Å²) in [7, 11) is 0. The number of carbonyl (C=O) groups is 1. The van der Waals surface area contributed by atoms with Gasteiger partial charge in [0.05, 0.1) is 0 Å². The van der Waals surface area contributed by atoms with Crippen molar-refractivity contribution in [3.05, 3.63) is 23.2 Å². The van der Waals surface area contributed by atoms with Crippen molar-refractivity contribution in [2.24, 2.45) is 0 Å². The first-order valence-electron chi connectivity index (χ1n) is 3.57. The van der Waals surface area contributed by atoms with Crippen molar-refractivity contribution in [1.29, 1.82) is 0 Å². The van der Waals surface area contributed by atoms with Crippen LogP contribution < -0.4 is 11.1 Å². The monoisotopic (exact) mass is 186 g/mol. The van der Waals surface area contributed by atoms with Crippen LogP contribution in [-0.4, -0.2) is 11.1 Å². The van der Waals surface area contributed by atoms with E-state index in [-0.39, 0.29) is 5.76 Å². The molecule has 72 valence electrons. The summed E-state index contributed by atoms with van der Waals surface area (Å²) >= 11 is 0. The number of rotatable bonds is 3. The summed E-state index contributed by atoms with van der Waals surface area (Å²) < 4.78 is 5.07. The van der Waals surface area contributed by atoms with Crippen LogP contribution in [0.25, 0.3) is 0 Å². The van der Waals surface area contributed by atoms with E-state index < -0.39 is 5.91 Å². The van der Waals surface area contributed by atoms with Gasteiger partial charge in [0, 0.05) is 0 Å². The second-order valence-corrected chi connectivity index (χ2v) is 2.47. The van der Waals surface area contributed by atoms with Crippen LogP contribution in [0.15, 0.2) is 10.5 Å². The summed E-state index contributed by atoms with van der Waals surface area (Å²) in [4.78, 5) is 15.1. The Morgan fingerprint density at radius 3 is 2.77 bits per heavy atom. The highest BCUT2D eigenvalue weighted by molar-refractivity contribution is 5.90. The molecule has 0 bridgehead atoms. The zero-order chi connectivity index (χ0) is 9.84.